The molecule has 4 nitrogen and oxygen atoms in total. The molecule has 1 amide bonds. The monoisotopic (exact) mass is 212 g/mol. The van der Waals surface area contributed by atoms with Crippen molar-refractivity contribution < 1.29 is 9.90 Å². The predicted molar refractivity (Wildman–Crippen MR) is 57.1 cm³/mol. The molecule has 3 unspecified atom stereocenters. The zero-order chi connectivity index (χ0) is 10.8. The Balaban J connectivity index is 2.05. The van der Waals surface area contributed by atoms with E-state index in [2.05, 4.69) is 0 Å². The number of carbonyl (C=O) groups excluding carboxylic acids is 1. The van der Waals surface area contributed by atoms with Gasteiger partial charge in [-0.1, -0.05) is 6.42 Å². The Kier molecular flexibility index (Phi) is 3.26. The molecule has 0 bridgehead atoms. The molecule has 0 aromatic carbocycles. The van der Waals surface area contributed by atoms with E-state index >= 15 is 0 Å². The van der Waals surface area contributed by atoms with Crippen molar-refractivity contribution >= 4 is 5.91 Å². The van der Waals surface area contributed by atoms with Crippen LogP contribution >= 0.6 is 0 Å². The Morgan fingerprint density at radius 3 is 2.87 bits per heavy atom. The Morgan fingerprint density at radius 2 is 2.13 bits per heavy atom. The van der Waals surface area contributed by atoms with Crippen molar-refractivity contribution in [2.75, 3.05) is 13.2 Å². The highest BCUT2D eigenvalue weighted by atomic mass is 16.3. The minimum absolute atomic E-state index is 0.0894. The van der Waals surface area contributed by atoms with E-state index in [1.165, 1.54) is 0 Å². The zero-order valence-electron chi connectivity index (χ0n) is 9.06. The van der Waals surface area contributed by atoms with E-state index in [1.807, 2.05) is 4.90 Å². The van der Waals surface area contributed by atoms with Gasteiger partial charge in [0.25, 0.3) is 0 Å². The average Bonchev–Trinajstić information content (AvgIpc) is 2.70. The zero-order valence-corrected chi connectivity index (χ0v) is 9.06. The molecule has 3 atom stereocenters. The Labute approximate surface area is 90.4 Å². The lowest BCUT2D eigenvalue weighted by atomic mass is 9.98. The summed E-state index contributed by atoms with van der Waals surface area (Å²) in [5.41, 5.74) is 5.77. The SMILES string of the molecule is NC1CCCN(C2CCCC2CO)C1=O. The van der Waals surface area contributed by atoms with Gasteiger partial charge < -0.3 is 15.7 Å². The number of likely N-dealkylation sites (tertiary alicyclic amines) is 1. The van der Waals surface area contributed by atoms with Crippen molar-refractivity contribution in [3.8, 4) is 0 Å². The molecule has 2 fully saturated rings. The van der Waals surface area contributed by atoms with Crippen LogP contribution in [0, 0.1) is 5.92 Å². The molecule has 0 aromatic heterocycles. The van der Waals surface area contributed by atoms with Crippen LogP contribution in [-0.2, 0) is 4.79 Å². The van der Waals surface area contributed by atoms with E-state index in [-0.39, 0.29) is 30.5 Å². The highest BCUT2D eigenvalue weighted by molar-refractivity contribution is 5.82. The summed E-state index contributed by atoms with van der Waals surface area (Å²) in [6, 6.07) is -0.0625. The van der Waals surface area contributed by atoms with Gasteiger partial charge in [0.15, 0.2) is 0 Å². The van der Waals surface area contributed by atoms with Crippen LogP contribution in [0.1, 0.15) is 32.1 Å². The van der Waals surface area contributed by atoms with Gasteiger partial charge >= 0.3 is 0 Å². The summed E-state index contributed by atoms with van der Waals surface area (Å²) < 4.78 is 0. The fourth-order valence-electron chi connectivity index (χ4n) is 2.90. The third-order valence-corrected chi connectivity index (χ3v) is 3.77. The molecule has 4 heteroatoms. The maximum absolute atomic E-state index is 11.9. The molecule has 1 aliphatic heterocycles. The molecule has 86 valence electrons. The third kappa shape index (κ3) is 2.01. The van der Waals surface area contributed by atoms with Gasteiger partial charge in [0.2, 0.25) is 5.91 Å². The maximum Gasteiger partial charge on any atom is 0.239 e. The molecular formula is C11H20N2O2. The minimum Gasteiger partial charge on any atom is -0.396 e. The summed E-state index contributed by atoms with van der Waals surface area (Å²) in [5.74, 6) is 0.367. The van der Waals surface area contributed by atoms with Crippen molar-refractivity contribution in [2.45, 2.75) is 44.2 Å². The molecule has 1 saturated heterocycles. The number of nitrogens with zero attached hydrogens (tertiary/aromatic N) is 1. The van der Waals surface area contributed by atoms with Gasteiger partial charge in [-0.05, 0) is 25.7 Å². The number of carbonyl (C=O) groups is 1. The lowest BCUT2D eigenvalue weighted by molar-refractivity contribution is -0.138. The van der Waals surface area contributed by atoms with E-state index in [0.717, 1.165) is 38.6 Å². The lowest BCUT2D eigenvalue weighted by Gasteiger charge is -2.37. The molecule has 0 spiro atoms. The summed E-state index contributed by atoms with van der Waals surface area (Å²) in [6.45, 7) is 1.03. The van der Waals surface area contributed by atoms with Crippen molar-refractivity contribution in [3.05, 3.63) is 0 Å². The van der Waals surface area contributed by atoms with E-state index in [0.29, 0.717) is 0 Å². The molecule has 1 aliphatic carbocycles. The largest absolute Gasteiger partial charge is 0.396 e. The molecule has 3 N–H and O–H groups in total. The summed E-state index contributed by atoms with van der Waals surface area (Å²) in [6.07, 6.45) is 5.01. The molecule has 1 saturated carbocycles. The number of nitrogens with two attached hydrogens (primary N) is 1. The van der Waals surface area contributed by atoms with Crippen LogP contribution in [0.2, 0.25) is 0 Å². The Morgan fingerprint density at radius 1 is 1.33 bits per heavy atom. The second-order valence-electron chi connectivity index (χ2n) is 4.72. The van der Waals surface area contributed by atoms with Crippen LogP contribution in [0.5, 0.6) is 0 Å². The van der Waals surface area contributed by atoms with Gasteiger partial charge in [-0.15, -0.1) is 0 Å². The van der Waals surface area contributed by atoms with Gasteiger partial charge in [0.1, 0.15) is 0 Å². The maximum atomic E-state index is 11.9. The quantitative estimate of drug-likeness (QED) is 0.682. The van der Waals surface area contributed by atoms with Crippen LogP contribution in [0.15, 0.2) is 0 Å². The molecule has 0 radical (unpaired) electrons. The molecular weight excluding hydrogens is 192 g/mol. The first-order valence-electron chi connectivity index (χ1n) is 5.91. The van der Waals surface area contributed by atoms with Crippen molar-refractivity contribution in [1.29, 1.82) is 0 Å². The second kappa shape index (κ2) is 4.49. The minimum atomic E-state index is -0.307. The number of rotatable bonds is 2. The van der Waals surface area contributed by atoms with Crippen LogP contribution in [0.25, 0.3) is 0 Å². The van der Waals surface area contributed by atoms with Crippen molar-refractivity contribution in [3.63, 3.8) is 0 Å². The molecule has 0 aromatic rings. The summed E-state index contributed by atoms with van der Waals surface area (Å²) in [5, 5.41) is 9.25. The molecule has 15 heavy (non-hydrogen) atoms. The fraction of sp³-hybridized carbons (Fsp3) is 0.909. The Bertz CT molecular complexity index is 245. The summed E-state index contributed by atoms with van der Waals surface area (Å²) in [7, 11) is 0. The lowest BCUT2D eigenvalue weighted by Crippen LogP contribution is -2.53. The summed E-state index contributed by atoms with van der Waals surface area (Å²) in [4.78, 5) is 13.8. The number of aliphatic hydroxyl groups is 1. The van der Waals surface area contributed by atoms with Gasteiger partial charge in [-0.2, -0.15) is 0 Å². The smallest absolute Gasteiger partial charge is 0.239 e. The normalized spacial score (nSPS) is 37.3. The molecule has 2 rings (SSSR count). The average molecular weight is 212 g/mol. The second-order valence-corrected chi connectivity index (χ2v) is 4.72. The first-order chi connectivity index (χ1) is 7.24. The van der Waals surface area contributed by atoms with Crippen LogP contribution in [0.3, 0.4) is 0 Å². The van der Waals surface area contributed by atoms with Gasteiger partial charge in [-0.25, -0.2) is 0 Å². The van der Waals surface area contributed by atoms with E-state index < -0.39 is 0 Å². The van der Waals surface area contributed by atoms with Crippen molar-refractivity contribution in [2.24, 2.45) is 11.7 Å². The first-order valence-corrected chi connectivity index (χ1v) is 5.91. The summed E-state index contributed by atoms with van der Waals surface area (Å²) >= 11 is 0. The van der Waals surface area contributed by atoms with Crippen LogP contribution in [-0.4, -0.2) is 41.1 Å². The van der Waals surface area contributed by atoms with Gasteiger partial charge in [-0.3, -0.25) is 4.79 Å². The highest BCUT2D eigenvalue weighted by Gasteiger charge is 2.37. The van der Waals surface area contributed by atoms with Crippen LogP contribution < -0.4 is 5.73 Å². The van der Waals surface area contributed by atoms with E-state index in [1.54, 1.807) is 0 Å². The predicted octanol–water partition coefficient (Wildman–Crippen LogP) is 0.0971. The van der Waals surface area contributed by atoms with Crippen LogP contribution in [0.4, 0.5) is 0 Å². The first kappa shape index (κ1) is 10.9. The van der Waals surface area contributed by atoms with Gasteiger partial charge in [0, 0.05) is 25.1 Å². The number of hydrogen-bond donors (Lipinski definition) is 2. The van der Waals surface area contributed by atoms with E-state index in [9.17, 15) is 9.90 Å². The topological polar surface area (TPSA) is 66.6 Å². The Hall–Kier alpha value is -0.610. The van der Waals surface area contributed by atoms with Gasteiger partial charge in [0.05, 0.1) is 6.04 Å². The van der Waals surface area contributed by atoms with Crippen molar-refractivity contribution in [1.82, 2.24) is 4.90 Å². The van der Waals surface area contributed by atoms with E-state index in [4.69, 9.17) is 5.73 Å². The third-order valence-electron chi connectivity index (χ3n) is 3.77. The number of aliphatic hydroxyl groups excluding tert-OH is 1. The standard InChI is InChI=1S/C11H20N2O2/c12-9-4-2-6-13(11(9)15)10-5-1-3-8(10)7-14/h8-10,14H,1-7,12H2. The number of piperidine rings is 1. The molecule has 2 aliphatic rings. The fourth-order valence-corrected chi connectivity index (χ4v) is 2.90. The number of hydrogen-bond acceptors (Lipinski definition) is 3. The highest BCUT2D eigenvalue weighted by Crippen LogP contribution is 2.31. The molecule has 1 heterocycles. The number of amides is 1.